The van der Waals surface area contributed by atoms with Gasteiger partial charge in [-0.3, -0.25) is 4.79 Å². The van der Waals surface area contributed by atoms with Crippen molar-refractivity contribution in [2.24, 2.45) is 5.92 Å². The molecule has 2 aromatic carbocycles. The minimum atomic E-state index is -0.757. The maximum Gasteiger partial charge on any atom is 0.303 e. The van der Waals surface area contributed by atoms with Crippen LogP contribution in [0.2, 0.25) is 0 Å². The van der Waals surface area contributed by atoms with E-state index in [4.69, 9.17) is 5.11 Å². The van der Waals surface area contributed by atoms with E-state index < -0.39 is 5.97 Å². The van der Waals surface area contributed by atoms with E-state index in [-0.39, 0.29) is 6.42 Å². The molecule has 1 aliphatic rings. The molecule has 0 aliphatic heterocycles. The van der Waals surface area contributed by atoms with Gasteiger partial charge in [-0.2, -0.15) is 0 Å². The Morgan fingerprint density at radius 1 is 1.14 bits per heavy atom. The average molecular weight is 386 g/mol. The van der Waals surface area contributed by atoms with Crippen molar-refractivity contribution in [2.75, 3.05) is 0 Å². The Bertz CT molecular complexity index is 1020. The van der Waals surface area contributed by atoms with Gasteiger partial charge >= 0.3 is 5.97 Å². The van der Waals surface area contributed by atoms with Crippen molar-refractivity contribution in [2.45, 2.75) is 38.5 Å². The van der Waals surface area contributed by atoms with Crippen LogP contribution in [0.5, 0.6) is 0 Å². The van der Waals surface area contributed by atoms with Crippen molar-refractivity contribution < 1.29 is 9.90 Å². The molecule has 0 saturated carbocycles. The molecule has 0 amide bonds. The van der Waals surface area contributed by atoms with E-state index in [9.17, 15) is 4.79 Å². The van der Waals surface area contributed by atoms with E-state index in [1.54, 1.807) is 0 Å². The number of rotatable bonds is 7. The van der Waals surface area contributed by atoms with E-state index in [0.29, 0.717) is 12.3 Å². The predicted octanol–water partition coefficient (Wildman–Crippen LogP) is 5.84. The lowest BCUT2D eigenvalue weighted by Gasteiger charge is -2.23. The molecule has 1 atom stereocenters. The molecule has 148 valence electrons. The van der Waals surface area contributed by atoms with E-state index >= 15 is 0 Å². The molecule has 3 aromatic rings. The third-order valence-electron chi connectivity index (χ3n) is 5.86. The first-order valence-corrected chi connectivity index (χ1v) is 10.4. The molecule has 1 heterocycles. The Morgan fingerprint density at radius 3 is 2.72 bits per heavy atom. The third-order valence-corrected chi connectivity index (χ3v) is 5.86. The van der Waals surface area contributed by atoms with Crippen LogP contribution in [0.3, 0.4) is 0 Å². The fourth-order valence-electron chi connectivity index (χ4n) is 4.46. The Kier molecular flexibility index (Phi) is 5.66. The Morgan fingerprint density at radius 2 is 1.97 bits per heavy atom. The van der Waals surface area contributed by atoms with Crippen LogP contribution in [0.15, 0.2) is 73.3 Å². The summed E-state index contributed by atoms with van der Waals surface area (Å²) in [5.74, 6) is -0.0895. The lowest BCUT2D eigenvalue weighted by atomic mass is 9.85. The first-order valence-electron chi connectivity index (χ1n) is 10.4. The van der Waals surface area contributed by atoms with Crippen LogP contribution in [-0.2, 0) is 24.1 Å². The summed E-state index contributed by atoms with van der Waals surface area (Å²) >= 11 is 0. The lowest BCUT2D eigenvalue weighted by molar-refractivity contribution is -0.136. The van der Waals surface area contributed by atoms with Gasteiger partial charge in [0, 0.05) is 17.8 Å². The van der Waals surface area contributed by atoms with Gasteiger partial charge in [-0.05, 0) is 72.9 Å². The Balaban J connectivity index is 1.79. The SMILES string of the molecule is C=CCC1CCc2c(cc(-c3ccccc3)n2-c2cccc(CCC(=O)O)c2)C1. The van der Waals surface area contributed by atoms with E-state index in [1.807, 2.05) is 24.3 Å². The highest BCUT2D eigenvalue weighted by atomic mass is 16.4. The van der Waals surface area contributed by atoms with Crippen LogP contribution in [0, 0.1) is 5.92 Å². The zero-order chi connectivity index (χ0) is 20.2. The smallest absolute Gasteiger partial charge is 0.303 e. The Labute approximate surface area is 172 Å². The fraction of sp³-hybridized carbons (Fsp3) is 0.269. The van der Waals surface area contributed by atoms with Crippen LogP contribution in [-0.4, -0.2) is 15.6 Å². The van der Waals surface area contributed by atoms with Gasteiger partial charge in [0.1, 0.15) is 0 Å². The third kappa shape index (κ3) is 4.19. The van der Waals surface area contributed by atoms with Gasteiger partial charge in [0.05, 0.1) is 5.69 Å². The topological polar surface area (TPSA) is 42.2 Å². The number of carboxylic acids is 1. The minimum absolute atomic E-state index is 0.155. The zero-order valence-corrected chi connectivity index (χ0v) is 16.7. The second-order valence-electron chi connectivity index (χ2n) is 7.90. The lowest BCUT2D eigenvalue weighted by Crippen LogP contribution is -2.15. The van der Waals surface area contributed by atoms with Crippen molar-refractivity contribution in [3.05, 3.63) is 90.1 Å². The number of benzene rings is 2. The molecule has 1 aromatic heterocycles. The number of carbonyl (C=O) groups is 1. The highest BCUT2D eigenvalue weighted by Gasteiger charge is 2.24. The summed E-state index contributed by atoms with van der Waals surface area (Å²) in [6, 6.07) is 21.2. The maximum atomic E-state index is 11.0. The van der Waals surface area contributed by atoms with Gasteiger partial charge in [0.2, 0.25) is 0 Å². The summed E-state index contributed by atoms with van der Waals surface area (Å²) in [6.45, 7) is 3.92. The van der Waals surface area contributed by atoms with Gasteiger partial charge in [0.15, 0.2) is 0 Å². The number of nitrogens with zero attached hydrogens (tertiary/aromatic N) is 1. The number of hydrogen-bond donors (Lipinski definition) is 1. The van der Waals surface area contributed by atoms with Crippen molar-refractivity contribution >= 4 is 5.97 Å². The summed E-state index contributed by atoms with van der Waals surface area (Å²) in [5.41, 5.74) is 7.42. The molecule has 4 rings (SSSR count). The zero-order valence-electron chi connectivity index (χ0n) is 16.7. The summed E-state index contributed by atoms with van der Waals surface area (Å²) in [5, 5.41) is 9.04. The van der Waals surface area contributed by atoms with Crippen LogP contribution >= 0.6 is 0 Å². The summed E-state index contributed by atoms with van der Waals surface area (Å²) in [7, 11) is 0. The van der Waals surface area contributed by atoms with Gasteiger partial charge in [-0.15, -0.1) is 6.58 Å². The average Bonchev–Trinajstić information content (AvgIpc) is 3.12. The molecule has 0 saturated heterocycles. The largest absolute Gasteiger partial charge is 0.481 e. The Hall–Kier alpha value is -3.07. The van der Waals surface area contributed by atoms with Crippen LogP contribution in [0.25, 0.3) is 16.9 Å². The highest BCUT2D eigenvalue weighted by Crippen LogP contribution is 2.36. The monoisotopic (exact) mass is 385 g/mol. The number of fused-ring (bicyclic) bond motifs is 1. The van der Waals surface area contributed by atoms with Crippen LogP contribution < -0.4 is 0 Å². The first-order chi connectivity index (χ1) is 14.2. The standard InChI is InChI=1S/C26H27NO2/c1-2-7-19-12-14-24-22(16-19)18-25(21-9-4-3-5-10-21)27(24)23-11-6-8-20(17-23)13-15-26(28)29/h2-6,8-11,17-19H,1,7,12-16H2,(H,28,29). The van der Waals surface area contributed by atoms with E-state index in [0.717, 1.165) is 30.5 Å². The molecule has 0 spiro atoms. The van der Waals surface area contributed by atoms with Crippen molar-refractivity contribution in [3.8, 4) is 16.9 Å². The number of aliphatic carboxylic acids is 1. The summed E-state index contributed by atoms with van der Waals surface area (Å²) in [4.78, 5) is 11.0. The summed E-state index contributed by atoms with van der Waals surface area (Å²) in [6.07, 6.45) is 7.13. The molecular weight excluding hydrogens is 358 g/mol. The second-order valence-corrected chi connectivity index (χ2v) is 7.90. The number of carboxylic acid groups (broad SMARTS) is 1. The van der Waals surface area contributed by atoms with Gasteiger partial charge in [-0.1, -0.05) is 48.5 Å². The van der Waals surface area contributed by atoms with Crippen LogP contribution in [0.4, 0.5) is 0 Å². The van der Waals surface area contributed by atoms with Crippen molar-refractivity contribution in [1.82, 2.24) is 4.57 Å². The van der Waals surface area contributed by atoms with Gasteiger partial charge in [0.25, 0.3) is 0 Å². The van der Waals surface area contributed by atoms with Crippen molar-refractivity contribution in [3.63, 3.8) is 0 Å². The minimum Gasteiger partial charge on any atom is -0.481 e. The number of hydrogen-bond acceptors (Lipinski definition) is 1. The molecule has 3 heteroatoms. The molecule has 1 aliphatic carbocycles. The van der Waals surface area contributed by atoms with Gasteiger partial charge in [-0.25, -0.2) is 0 Å². The number of aromatic nitrogens is 1. The van der Waals surface area contributed by atoms with Crippen LogP contribution in [0.1, 0.15) is 36.1 Å². The second kappa shape index (κ2) is 8.52. The molecular formula is C26H27NO2. The molecule has 0 fully saturated rings. The molecule has 3 nitrogen and oxygen atoms in total. The quantitative estimate of drug-likeness (QED) is 0.519. The predicted molar refractivity (Wildman–Crippen MR) is 117 cm³/mol. The molecule has 29 heavy (non-hydrogen) atoms. The molecule has 0 radical (unpaired) electrons. The van der Waals surface area contributed by atoms with E-state index in [2.05, 4.69) is 53.6 Å². The maximum absolute atomic E-state index is 11.0. The number of allylic oxidation sites excluding steroid dienone is 1. The van der Waals surface area contributed by atoms with Crippen molar-refractivity contribution in [1.29, 1.82) is 0 Å². The molecule has 1 unspecified atom stereocenters. The summed E-state index contributed by atoms with van der Waals surface area (Å²) < 4.78 is 2.39. The normalized spacial score (nSPS) is 15.7. The number of aryl methyl sites for hydroxylation is 1. The highest BCUT2D eigenvalue weighted by molar-refractivity contribution is 5.68. The fourth-order valence-corrected chi connectivity index (χ4v) is 4.46. The van der Waals surface area contributed by atoms with E-state index in [1.165, 1.54) is 28.9 Å². The van der Waals surface area contributed by atoms with Gasteiger partial charge < -0.3 is 9.67 Å². The molecule has 1 N–H and O–H groups in total. The molecule has 0 bridgehead atoms. The first kappa shape index (κ1) is 19.3.